The number of ether oxygens (including phenoxy) is 2. The van der Waals surface area contributed by atoms with E-state index in [0.717, 1.165) is 12.2 Å². The van der Waals surface area contributed by atoms with Crippen LogP contribution < -0.4 is 14.8 Å². The Morgan fingerprint density at radius 3 is 2.65 bits per heavy atom. The Hall–Kier alpha value is -2.71. The number of nitrogens with one attached hydrogen (secondary N) is 1. The first-order chi connectivity index (χ1) is 14.9. The van der Waals surface area contributed by atoms with Gasteiger partial charge < -0.3 is 19.4 Å². The second-order valence-electron chi connectivity index (χ2n) is 6.84. The minimum atomic E-state index is -0.288. The Kier molecular flexibility index (Phi) is 7.81. The van der Waals surface area contributed by atoms with E-state index < -0.39 is 0 Å². The number of rotatable bonds is 9. The van der Waals surface area contributed by atoms with Crippen LogP contribution in [0.2, 0.25) is 5.02 Å². The maximum Gasteiger partial charge on any atom is 0.234 e. The number of nitrogens with zero attached hydrogens (tertiary/aromatic N) is 3. The lowest BCUT2D eigenvalue weighted by Gasteiger charge is -2.14. The van der Waals surface area contributed by atoms with Gasteiger partial charge >= 0.3 is 0 Å². The maximum atomic E-state index is 12.4. The zero-order chi connectivity index (χ0) is 22.4. The molecule has 7 nitrogen and oxygen atoms in total. The molecule has 0 unspecified atom stereocenters. The van der Waals surface area contributed by atoms with E-state index in [1.807, 2.05) is 42.8 Å². The highest BCUT2D eigenvalue weighted by atomic mass is 35.5. The molecule has 0 saturated carbocycles. The Bertz CT molecular complexity index is 1040. The average Bonchev–Trinajstić information content (AvgIpc) is 3.13. The van der Waals surface area contributed by atoms with Gasteiger partial charge in [0.25, 0.3) is 0 Å². The fourth-order valence-electron chi connectivity index (χ4n) is 2.96. The number of benzene rings is 2. The number of amides is 1. The summed E-state index contributed by atoms with van der Waals surface area (Å²) in [5, 5.41) is 12.4. The van der Waals surface area contributed by atoms with E-state index in [0.29, 0.717) is 27.4 Å². The number of methoxy groups -OCH3 is 1. The van der Waals surface area contributed by atoms with E-state index in [1.54, 1.807) is 18.2 Å². The number of hydrogen-bond acceptors (Lipinski definition) is 6. The molecule has 31 heavy (non-hydrogen) atoms. The molecule has 1 N–H and O–H groups in total. The van der Waals surface area contributed by atoms with Crippen molar-refractivity contribution < 1.29 is 14.3 Å². The van der Waals surface area contributed by atoms with Crippen LogP contribution in [0.3, 0.4) is 0 Å². The van der Waals surface area contributed by atoms with Crippen LogP contribution in [0.4, 0.5) is 5.69 Å². The van der Waals surface area contributed by atoms with Gasteiger partial charge in [0, 0.05) is 12.1 Å². The SMILES string of the molecule is CCc1ccc(O[C@@H](C)c2nnc(SCC(=O)Nc3cc(Cl)ccc3OC)n2C)cc1. The van der Waals surface area contributed by atoms with Crippen LogP contribution in [0.1, 0.15) is 31.3 Å². The van der Waals surface area contributed by atoms with Crippen LogP contribution >= 0.6 is 23.4 Å². The van der Waals surface area contributed by atoms with Crippen molar-refractivity contribution >= 4 is 35.0 Å². The number of halogens is 1. The van der Waals surface area contributed by atoms with Gasteiger partial charge in [-0.25, -0.2) is 0 Å². The molecule has 0 spiro atoms. The largest absolute Gasteiger partial charge is 0.495 e. The van der Waals surface area contributed by atoms with Crippen LogP contribution in [0.5, 0.6) is 11.5 Å². The van der Waals surface area contributed by atoms with E-state index >= 15 is 0 Å². The molecule has 1 aromatic heterocycles. The third kappa shape index (κ3) is 5.92. The molecule has 3 rings (SSSR count). The van der Waals surface area contributed by atoms with Gasteiger partial charge in [0.1, 0.15) is 11.5 Å². The Balaban J connectivity index is 1.59. The third-order valence-corrected chi connectivity index (χ3v) is 5.90. The van der Waals surface area contributed by atoms with Crippen molar-refractivity contribution in [2.24, 2.45) is 7.05 Å². The van der Waals surface area contributed by atoms with E-state index in [-0.39, 0.29) is 17.8 Å². The first-order valence-corrected chi connectivity index (χ1v) is 11.2. The average molecular weight is 461 g/mol. The normalized spacial score (nSPS) is 11.8. The van der Waals surface area contributed by atoms with Crippen molar-refractivity contribution in [1.82, 2.24) is 14.8 Å². The van der Waals surface area contributed by atoms with Gasteiger partial charge in [0.05, 0.1) is 18.6 Å². The maximum absolute atomic E-state index is 12.4. The van der Waals surface area contributed by atoms with Gasteiger partial charge in [-0.3, -0.25) is 4.79 Å². The molecule has 0 fully saturated rings. The van der Waals surface area contributed by atoms with E-state index in [9.17, 15) is 4.79 Å². The lowest BCUT2D eigenvalue weighted by molar-refractivity contribution is -0.113. The fraction of sp³-hybridized carbons (Fsp3) is 0.318. The summed E-state index contributed by atoms with van der Waals surface area (Å²) >= 11 is 7.30. The van der Waals surface area contributed by atoms with Crippen LogP contribution in [0.25, 0.3) is 0 Å². The number of thioether (sulfide) groups is 1. The second-order valence-corrected chi connectivity index (χ2v) is 8.22. The molecule has 1 heterocycles. The van der Waals surface area contributed by atoms with Gasteiger partial charge in [0.2, 0.25) is 5.91 Å². The molecular weight excluding hydrogens is 436 g/mol. The number of aromatic nitrogens is 3. The summed E-state index contributed by atoms with van der Waals surface area (Å²) in [6.45, 7) is 4.04. The summed E-state index contributed by atoms with van der Waals surface area (Å²) in [6, 6.07) is 13.1. The standard InChI is InChI=1S/C22H25ClN4O3S/c1-5-15-6-9-17(10-7-15)30-14(2)21-25-26-22(27(21)3)31-13-20(28)24-18-12-16(23)8-11-19(18)29-4/h6-12,14H,5,13H2,1-4H3,(H,24,28)/t14-/m0/s1. The first-order valence-electron chi connectivity index (χ1n) is 9.82. The molecule has 3 aromatic rings. The number of carbonyl (C=O) groups excluding carboxylic acids is 1. The molecule has 1 amide bonds. The lowest BCUT2D eigenvalue weighted by Crippen LogP contribution is -2.15. The Labute approximate surface area is 191 Å². The molecule has 0 saturated heterocycles. The van der Waals surface area contributed by atoms with E-state index in [4.69, 9.17) is 21.1 Å². The van der Waals surface area contributed by atoms with Gasteiger partial charge in [-0.1, -0.05) is 42.4 Å². The molecule has 0 bridgehead atoms. The molecule has 2 aromatic carbocycles. The number of carbonyl (C=O) groups is 1. The van der Waals surface area contributed by atoms with Gasteiger partial charge in [-0.15, -0.1) is 10.2 Å². The topological polar surface area (TPSA) is 78.3 Å². The summed E-state index contributed by atoms with van der Waals surface area (Å²) in [4.78, 5) is 12.4. The van der Waals surface area contributed by atoms with Crippen molar-refractivity contribution in [3.05, 3.63) is 58.9 Å². The highest BCUT2D eigenvalue weighted by Gasteiger charge is 2.18. The van der Waals surface area contributed by atoms with Gasteiger partial charge in [0.15, 0.2) is 17.1 Å². The van der Waals surface area contributed by atoms with E-state index in [1.165, 1.54) is 24.4 Å². The fourth-order valence-corrected chi connectivity index (χ4v) is 3.85. The van der Waals surface area contributed by atoms with Crippen molar-refractivity contribution in [3.63, 3.8) is 0 Å². The summed E-state index contributed by atoms with van der Waals surface area (Å²) < 4.78 is 13.1. The molecule has 9 heteroatoms. The van der Waals surface area contributed by atoms with Crippen molar-refractivity contribution in [1.29, 1.82) is 0 Å². The van der Waals surface area contributed by atoms with Crippen molar-refractivity contribution in [2.75, 3.05) is 18.2 Å². The smallest absolute Gasteiger partial charge is 0.234 e. The van der Waals surface area contributed by atoms with Crippen molar-refractivity contribution in [3.8, 4) is 11.5 Å². The minimum Gasteiger partial charge on any atom is -0.495 e. The predicted molar refractivity (Wildman–Crippen MR) is 123 cm³/mol. The van der Waals surface area contributed by atoms with Crippen molar-refractivity contribution in [2.45, 2.75) is 31.5 Å². The molecule has 0 radical (unpaired) electrons. The number of aryl methyl sites for hydroxylation is 1. The summed E-state index contributed by atoms with van der Waals surface area (Å²) in [5.74, 6) is 1.96. The summed E-state index contributed by atoms with van der Waals surface area (Å²) in [7, 11) is 3.39. The van der Waals surface area contributed by atoms with Crippen LogP contribution in [-0.2, 0) is 18.3 Å². The minimum absolute atomic E-state index is 0.162. The molecule has 1 atom stereocenters. The second kappa shape index (κ2) is 10.5. The van der Waals surface area contributed by atoms with Crippen LogP contribution in [0, 0.1) is 0 Å². The predicted octanol–water partition coefficient (Wildman–Crippen LogP) is 4.91. The zero-order valence-corrected chi connectivity index (χ0v) is 19.5. The molecule has 0 aliphatic rings. The molecule has 0 aliphatic carbocycles. The monoisotopic (exact) mass is 460 g/mol. The van der Waals surface area contributed by atoms with Gasteiger partial charge in [-0.05, 0) is 49.2 Å². The lowest BCUT2D eigenvalue weighted by atomic mass is 10.2. The number of anilines is 1. The molecule has 0 aliphatic heterocycles. The third-order valence-electron chi connectivity index (χ3n) is 4.64. The highest BCUT2D eigenvalue weighted by Crippen LogP contribution is 2.28. The first kappa shape index (κ1) is 23.0. The van der Waals surface area contributed by atoms with Crippen LogP contribution in [-0.4, -0.2) is 33.5 Å². The van der Waals surface area contributed by atoms with E-state index in [2.05, 4.69) is 22.4 Å². The Morgan fingerprint density at radius 1 is 1.23 bits per heavy atom. The molecular formula is C22H25ClN4O3S. The number of hydrogen-bond donors (Lipinski definition) is 1. The quantitative estimate of drug-likeness (QED) is 0.457. The van der Waals surface area contributed by atoms with Gasteiger partial charge in [-0.2, -0.15) is 0 Å². The summed E-state index contributed by atoms with van der Waals surface area (Å²) in [5.41, 5.74) is 1.78. The molecule has 164 valence electrons. The Morgan fingerprint density at radius 2 is 1.97 bits per heavy atom. The zero-order valence-electron chi connectivity index (χ0n) is 17.9. The van der Waals surface area contributed by atoms with Crippen LogP contribution in [0.15, 0.2) is 47.6 Å². The summed E-state index contributed by atoms with van der Waals surface area (Å²) in [6.07, 6.45) is 0.695. The highest BCUT2D eigenvalue weighted by molar-refractivity contribution is 7.99.